The first-order chi connectivity index (χ1) is 11.1. The van der Waals surface area contributed by atoms with Gasteiger partial charge in [-0.3, -0.25) is 4.79 Å². The number of carbonyl (C=O) groups excluding carboxylic acids is 1. The average molecular weight is 310 g/mol. The predicted octanol–water partition coefficient (Wildman–Crippen LogP) is 3.56. The minimum absolute atomic E-state index is 0.0428. The Morgan fingerprint density at radius 1 is 1.26 bits per heavy atom. The number of nitrogen functional groups attached to an aromatic ring is 1. The van der Waals surface area contributed by atoms with Gasteiger partial charge in [0.25, 0.3) is 0 Å². The summed E-state index contributed by atoms with van der Waals surface area (Å²) in [5, 5.41) is 2.93. The number of benzene rings is 2. The molecule has 0 saturated heterocycles. The Morgan fingerprint density at radius 2 is 2.00 bits per heavy atom. The molecule has 2 rings (SSSR count). The highest BCUT2D eigenvalue weighted by Crippen LogP contribution is 2.23. The Kier molecular flexibility index (Phi) is 5.80. The number of amides is 1. The van der Waals surface area contributed by atoms with E-state index < -0.39 is 0 Å². The fraction of sp³-hybridized carbons (Fsp3) is 0.211. The molecule has 1 unspecified atom stereocenters. The van der Waals surface area contributed by atoms with E-state index in [-0.39, 0.29) is 11.9 Å². The van der Waals surface area contributed by atoms with Crippen LogP contribution >= 0.6 is 0 Å². The van der Waals surface area contributed by atoms with Crippen LogP contribution in [0.5, 0.6) is 5.75 Å². The van der Waals surface area contributed by atoms with Crippen molar-refractivity contribution in [3.05, 3.63) is 65.7 Å². The molecule has 0 aliphatic rings. The molecule has 1 amide bonds. The number of ether oxygens (including phenoxy) is 1. The van der Waals surface area contributed by atoms with Gasteiger partial charge < -0.3 is 15.8 Å². The van der Waals surface area contributed by atoms with Crippen LogP contribution in [0.2, 0.25) is 0 Å². The largest absolute Gasteiger partial charge is 0.492 e. The van der Waals surface area contributed by atoms with Gasteiger partial charge in [0, 0.05) is 6.08 Å². The maximum Gasteiger partial charge on any atom is 0.244 e. The molecular weight excluding hydrogens is 288 g/mol. The summed E-state index contributed by atoms with van der Waals surface area (Å²) in [5.41, 5.74) is 8.40. The van der Waals surface area contributed by atoms with Crippen LogP contribution in [-0.2, 0) is 4.79 Å². The number of hydrogen-bond donors (Lipinski definition) is 2. The Bertz CT molecular complexity index is 681. The third-order valence-electron chi connectivity index (χ3n) is 3.42. The molecule has 2 aromatic rings. The highest BCUT2D eigenvalue weighted by molar-refractivity contribution is 5.92. The quantitative estimate of drug-likeness (QED) is 0.633. The lowest BCUT2D eigenvalue weighted by molar-refractivity contribution is -0.117. The monoisotopic (exact) mass is 310 g/mol. The Hall–Kier alpha value is -2.75. The van der Waals surface area contributed by atoms with E-state index >= 15 is 0 Å². The molecule has 2 aromatic carbocycles. The molecule has 1 atom stereocenters. The van der Waals surface area contributed by atoms with Crippen LogP contribution in [0.4, 0.5) is 5.69 Å². The topological polar surface area (TPSA) is 64.3 Å². The van der Waals surface area contributed by atoms with Crippen LogP contribution < -0.4 is 15.8 Å². The second-order valence-electron chi connectivity index (χ2n) is 5.20. The maximum atomic E-state index is 12.0. The SMILES string of the molecule is CCOc1ccc(/C=C\C(=O)NC(C)c2ccccc2)cc1N. The summed E-state index contributed by atoms with van der Waals surface area (Å²) in [6.45, 7) is 4.43. The summed E-state index contributed by atoms with van der Waals surface area (Å²) >= 11 is 0. The standard InChI is InChI=1S/C19H22N2O2/c1-3-23-18-11-9-15(13-17(18)20)10-12-19(22)21-14(2)16-7-5-4-6-8-16/h4-14H,3,20H2,1-2H3,(H,21,22)/b12-10-. The van der Waals surface area contributed by atoms with Gasteiger partial charge in [-0.1, -0.05) is 36.4 Å². The number of hydrogen-bond acceptors (Lipinski definition) is 3. The normalized spacial score (nSPS) is 12.1. The molecule has 0 aliphatic heterocycles. The van der Waals surface area contributed by atoms with Crippen molar-refractivity contribution in [3.63, 3.8) is 0 Å². The van der Waals surface area contributed by atoms with Crippen LogP contribution in [0.3, 0.4) is 0 Å². The Balaban J connectivity index is 1.97. The molecule has 0 radical (unpaired) electrons. The summed E-state index contributed by atoms with van der Waals surface area (Å²) in [5.74, 6) is 0.514. The first-order valence-corrected chi connectivity index (χ1v) is 7.66. The van der Waals surface area contributed by atoms with Gasteiger partial charge in [-0.2, -0.15) is 0 Å². The maximum absolute atomic E-state index is 12.0. The second kappa shape index (κ2) is 8.03. The van der Waals surface area contributed by atoms with Gasteiger partial charge in [0.15, 0.2) is 0 Å². The number of rotatable bonds is 6. The number of carbonyl (C=O) groups is 1. The summed E-state index contributed by atoms with van der Waals surface area (Å²) < 4.78 is 5.39. The lowest BCUT2D eigenvalue weighted by Gasteiger charge is -2.12. The minimum Gasteiger partial charge on any atom is -0.492 e. The minimum atomic E-state index is -0.145. The highest BCUT2D eigenvalue weighted by Gasteiger charge is 2.06. The van der Waals surface area contributed by atoms with E-state index in [0.29, 0.717) is 18.0 Å². The van der Waals surface area contributed by atoms with E-state index in [9.17, 15) is 4.79 Å². The molecule has 23 heavy (non-hydrogen) atoms. The van der Waals surface area contributed by atoms with Gasteiger partial charge in [-0.25, -0.2) is 0 Å². The Morgan fingerprint density at radius 3 is 2.65 bits per heavy atom. The van der Waals surface area contributed by atoms with Crippen molar-refractivity contribution in [1.29, 1.82) is 0 Å². The smallest absolute Gasteiger partial charge is 0.244 e. The molecule has 120 valence electrons. The van der Waals surface area contributed by atoms with E-state index in [4.69, 9.17) is 10.5 Å². The van der Waals surface area contributed by atoms with E-state index in [1.165, 1.54) is 6.08 Å². The van der Waals surface area contributed by atoms with Crippen molar-refractivity contribution in [1.82, 2.24) is 5.32 Å². The molecule has 4 nitrogen and oxygen atoms in total. The number of anilines is 1. The molecule has 0 aliphatic carbocycles. The lowest BCUT2D eigenvalue weighted by atomic mass is 10.1. The second-order valence-corrected chi connectivity index (χ2v) is 5.20. The number of nitrogens with one attached hydrogen (secondary N) is 1. The van der Waals surface area contributed by atoms with Gasteiger partial charge in [-0.15, -0.1) is 0 Å². The van der Waals surface area contributed by atoms with Crippen molar-refractivity contribution in [2.24, 2.45) is 0 Å². The van der Waals surface area contributed by atoms with Gasteiger partial charge in [0.2, 0.25) is 5.91 Å². The fourth-order valence-corrected chi connectivity index (χ4v) is 2.22. The zero-order valence-electron chi connectivity index (χ0n) is 13.5. The average Bonchev–Trinajstić information content (AvgIpc) is 2.56. The zero-order chi connectivity index (χ0) is 16.7. The van der Waals surface area contributed by atoms with E-state index in [1.807, 2.05) is 56.3 Å². The van der Waals surface area contributed by atoms with Crippen molar-refractivity contribution in [3.8, 4) is 5.75 Å². The number of nitrogens with two attached hydrogens (primary N) is 1. The third-order valence-corrected chi connectivity index (χ3v) is 3.42. The zero-order valence-corrected chi connectivity index (χ0v) is 13.5. The summed E-state index contributed by atoms with van der Waals surface area (Å²) in [7, 11) is 0. The summed E-state index contributed by atoms with van der Waals surface area (Å²) in [4.78, 5) is 12.0. The van der Waals surface area contributed by atoms with Gasteiger partial charge in [-0.05, 0) is 43.2 Å². The molecule has 0 heterocycles. The van der Waals surface area contributed by atoms with Gasteiger partial charge in [0.05, 0.1) is 18.3 Å². The molecule has 0 aromatic heterocycles. The fourth-order valence-electron chi connectivity index (χ4n) is 2.22. The Labute approximate surface area is 137 Å². The van der Waals surface area contributed by atoms with Crippen LogP contribution in [0, 0.1) is 0 Å². The van der Waals surface area contributed by atoms with Crippen molar-refractivity contribution < 1.29 is 9.53 Å². The first-order valence-electron chi connectivity index (χ1n) is 7.66. The van der Waals surface area contributed by atoms with E-state index in [1.54, 1.807) is 12.1 Å². The molecule has 4 heteroatoms. The summed E-state index contributed by atoms with van der Waals surface area (Å²) in [6, 6.07) is 15.3. The molecule has 0 bridgehead atoms. The molecule has 0 fully saturated rings. The van der Waals surface area contributed by atoms with Crippen molar-refractivity contribution in [2.75, 3.05) is 12.3 Å². The van der Waals surface area contributed by atoms with E-state index in [2.05, 4.69) is 5.32 Å². The third kappa shape index (κ3) is 4.88. The lowest BCUT2D eigenvalue weighted by Crippen LogP contribution is -2.24. The van der Waals surface area contributed by atoms with Gasteiger partial charge in [0.1, 0.15) is 5.75 Å². The molecule has 0 spiro atoms. The van der Waals surface area contributed by atoms with Crippen LogP contribution in [-0.4, -0.2) is 12.5 Å². The van der Waals surface area contributed by atoms with Crippen molar-refractivity contribution in [2.45, 2.75) is 19.9 Å². The first kappa shape index (κ1) is 16.6. The predicted molar refractivity (Wildman–Crippen MR) is 94.1 cm³/mol. The highest BCUT2D eigenvalue weighted by atomic mass is 16.5. The van der Waals surface area contributed by atoms with Crippen LogP contribution in [0.25, 0.3) is 6.08 Å². The summed E-state index contributed by atoms with van der Waals surface area (Å²) in [6.07, 6.45) is 3.24. The molecule has 0 saturated carbocycles. The van der Waals surface area contributed by atoms with Crippen LogP contribution in [0.1, 0.15) is 31.0 Å². The van der Waals surface area contributed by atoms with E-state index in [0.717, 1.165) is 11.1 Å². The van der Waals surface area contributed by atoms with Gasteiger partial charge >= 0.3 is 0 Å². The van der Waals surface area contributed by atoms with Crippen molar-refractivity contribution >= 4 is 17.7 Å². The molecular formula is C19H22N2O2. The molecule has 3 N–H and O–H groups in total. The van der Waals surface area contributed by atoms with Crippen LogP contribution in [0.15, 0.2) is 54.6 Å².